The predicted molar refractivity (Wildman–Crippen MR) is 214 cm³/mol. The van der Waals surface area contributed by atoms with Gasteiger partial charge in [0.2, 0.25) is 0 Å². The maximum atomic E-state index is 9.42. The minimum absolute atomic E-state index is 0.623. The molecule has 0 aliphatic carbocycles. The van der Waals surface area contributed by atoms with Crippen molar-refractivity contribution in [3.05, 3.63) is 188 Å². The minimum atomic E-state index is 0.623. The molecule has 3 heterocycles. The second-order valence-corrected chi connectivity index (χ2v) is 13.2. The van der Waals surface area contributed by atoms with Crippen LogP contribution in [0.2, 0.25) is 0 Å². The lowest BCUT2D eigenvalue weighted by atomic mass is 10.0. The van der Waals surface area contributed by atoms with Gasteiger partial charge in [0.15, 0.2) is 0 Å². The molecule has 0 aliphatic rings. The number of rotatable bonds is 5. The molecular formula is C48H30N4. The second kappa shape index (κ2) is 12.0. The number of para-hydroxylation sites is 3. The van der Waals surface area contributed by atoms with Crippen molar-refractivity contribution >= 4 is 43.6 Å². The third kappa shape index (κ3) is 4.80. The molecule has 0 saturated heterocycles. The van der Waals surface area contributed by atoms with E-state index in [4.69, 9.17) is 4.98 Å². The zero-order valence-electron chi connectivity index (χ0n) is 28.1. The zero-order valence-corrected chi connectivity index (χ0v) is 28.1. The molecule has 0 saturated carbocycles. The van der Waals surface area contributed by atoms with Gasteiger partial charge in [-0.1, -0.05) is 97.1 Å². The Balaban J connectivity index is 1.09. The SMILES string of the molecule is N#Cc1cccc(-c2cccc(-c3cccc(-n4c5ccccc5c5cc(-c6ccc7c(c6)c6ccccc6n7-c6ccccc6)ccc54)c3)n2)c1. The molecule has 10 aromatic rings. The molecule has 52 heavy (non-hydrogen) atoms. The standard InChI is InChI=1S/C48H30N4/c49-31-32-11-8-12-35(27-32)43-19-10-20-44(50-43)36-13-9-16-38(28-36)52-46-22-7-5-18-40(46)42-30-34(24-26-48(42)52)33-23-25-47-41(29-33)39-17-4-6-21-45(39)51(47)37-14-2-1-3-15-37/h1-30H. The van der Waals surface area contributed by atoms with E-state index in [0.29, 0.717) is 5.56 Å². The van der Waals surface area contributed by atoms with Gasteiger partial charge in [-0.3, -0.25) is 0 Å². The van der Waals surface area contributed by atoms with Crippen LogP contribution >= 0.6 is 0 Å². The highest BCUT2D eigenvalue weighted by molar-refractivity contribution is 6.12. The molecule has 0 N–H and O–H groups in total. The molecule has 0 spiro atoms. The maximum absolute atomic E-state index is 9.42. The maximum Gasteiger partial charge on any atom is 0.0991 e. The third-order valence-corrected chi connectivity index (χ3v) is 10.1. The molecule has 4 heteroatoms. The summed E-state index contributed by atoms with van der Waals surface area (Å²) in [5, 5.41) is 14.3. The van der Waals surface area contributed by atoms with Crippen molar-refractivity contribution in [2.75, 3.05) is 0 Å². The molecular weight excluding hydrogens is 633 g/mol. The van der Waals surface area contributed by atoms with Crippen LogP contribution in [-0.4, -0.2) is 14.1 Å². The van der Waals surface area contributed by atoms with Gasteiger partial charge in [-0.2, -0.15) is 5.26 Å². The smallest absolute Gasteiger partial charge is 0.0991 e. The summed E-state index contributed by atoms with van der Waals surface area (Å²) in [5.74, 6) is 0. The van der Waals surface area contributed by atoms with Crippen LogP contribution in [0.25, 0.3) is 88.6 Å². The van der Waals surface area contributed by atoms with Crippen molar-refractivity contribution < 1.29 is 0 Å². The third-order valence-electron chi connectivity index (χ3n) is 10.1. The highest BCUT2D eigenvalue weighted by Crippen LogP contribution is 2.38. The molecule has 0 amide bonds. The first kappa shape index (κ1) is 29.7. The van der Waals surface area contributed by atoms with Gasteiger partial charge in [0.05, 0.1) is 45.1 Å². The number of pyridine rings is 1. The summed E-state index contributed by atoms with van der Waals surface area (Å²) in [7, 11) is 0. The van der Waals surface area contributed by atoms with E-state index in [1.54, 1.807) is 0 Å². The summed E-state index contributed by atoms with van der Waals surface area (Å²) < 4.78 is 4.71. The molecule has 4 nitrogen and oxygen atoms in total. The summed E-state index contributed by atoms with van der Waals surface area (Å²) >= 11 is 0. The second-order valence-electron chi connectivity index (χ2n) is 13.2. The minimum Gasteiger partial charge on any atom is -0.309 e. The fourth-order valence-corrected chi connectivity index (χ4v) is 7.75. The molecule has 242 valence electrons. The lowest BCUT2D eigenvalue weighted by Gasteiger charge is -2.11. The number of benzene rings is 7. The van der Waals surface area contributed by atoms with E-state index in [-0.39, 0.29) is 0 Å². The van der Waals surface area contributed by atoms with Gasteiger partial charge in [0.1, 0.15) is 0 Å². The molecule has 0 atom stereocenters. The van der Waals surface area contributed by atoms with Crippen molar-refractivity contribution in [1.82, 2.24) is 14.1 Å². The van der Waals surface area contributed by atoms with Crippen molar-refractivity contribution in [3.63, 3.8) is 0 Å². The normalized spacial score (nSPS) is 11.4. The number of nitrogens with zero attached hydrogens (tertiary/aromatic N) is 4. The van der Waals surface area contributed by atoms with Crippen LogP contribution in [0.3, 0.4) is 0 Å². The van der Waals surface area contributed by atoms with Gasteiger partial charge in [-0.25, -0.2) is 4.98 Å². The number of nitriles is 1. The fourth-order valence-electron chi connectivity index (χ4n) is 7.75. The van der Waals surface area contributed by atoms with E-state index in [0.717, 1.165) is 44.9 Å². The van der Waals surface area contributed by atoms with Crippen molar-refractivity contribution in [1.29, 1.82) is 5.26 Å². The van der Waals surface area contributed by atoms with Crippen LogP contribution in [-0.2, 0) is 0 Å². The van der Waals surface area contributed by atoms with E-state index < -0.39 is 0 Å². The summed E-state index contributed by atoms with van der Waals surface area (Å²) in [4.78, 5) is 5.02. The summed E-state index contributed by atoms with van der Waals surface area (Å²) in [6, 6.07) is 66.1. The van der Waals surface area contributed by atoms with Crippen LogP contribution in [0.4, 0.5) is 0 Å². The van der Waals surface area contributed by atoms with Crippen LogP contribution in [0.1, 0.15) is 5.56 Å². The van der Waals surface area contributed by atoms with Gasteiger partial charge in [0, 0.05) is 44.0 Å². The largest absolute Gasteiger partial charge is 0.309 e. The lowest BCUT2D eigenvalue weighted by Crippen LogP contribution is -1.95. The Morgan fingerprint density at radius 2 is 0.865 bits per heavy atom. The van der Waals surface area contributed by atoms with Gasteiger partial charge in [-0.05, 0) is 96.1 Å². The summed E-state index contributed by atoms with van der Waals surface area (Å²) in [6.07, 6.45) is 0. The Morgan fingerprint density at radius 1 is 0.365 bits per heavy atom. The topological polar surface area (TPSA) is 46.5 Å². The molecule has 3 aromatic heterocycles. The molecule has 0 radical (unpaired) electrons. The quantitative estimate of drug-likeness (QED) is 0.184. The highest BCUT2D eigenvalue weighted by Gasteiger charge is 2.16. The molecule has 0 unspecified atom stereocenters. The molecule has 0 bridgehead atoms. The molecule has 0 aliphatic heterocycles. The average molecular weight is 663 g/mol. The van der Waals surface area contributed by atoms with Crippen LogP contribution in [0, 0.1) is 11.3 Å². The Kier molecular flexibility index (Phi) is 6.84. The summed E-state index contributed by atoms with van der Waals surface area (Å²) in [6.45, 7) is 0. The van der Waals surface area contributed by atoms with Crippen LogP contribution < -0.4 is 0 Å². The number of aromatic nitrogens is 3. The van der Waals surface area contributed by atoms with E-state index in [1.165, 1.54) is 43.7 Å². The first-order valence-electron chi connectivity index (χ1n) is 17.4. The average Bonchev–Trinajstić information content (AvgIpc) is 3.73. The van der Waals surface area contributed by atoms with Crippen molar-refractivity contribution in [2.45, 2.75) is 0 Å². The Labute approximate surface area is 300 Å². The van der Waals surface area contributed by atoms with E-state index in [1.807, 2.05) is 42.5 Å². The molecule has 10 rings (SSSR count). The zero-order chi connectivity index (χ0) is 34.6. The van der Waals surface area contributed by atoms with Crippen LogP contribution in [0.5, 0.6) is 0 Å². The van der Waals surface area contributed by atoms with Gasteiger partial charge >= 0.3 is 0 Å². The molecule has 0 fully saturated rings. The summed E-state index contributed by atoms with van der Waals surface area (Å²) in [5.41, 5.74) is 13.6. The van der Waals surface area contributed by atoms with Crippen molar-refractivity contribution in [2.24, 2.45) is 0 Å². The van der Waals surface area contributed by atoms with Crippen molar-refractivity contribution in [3.8, 4) is 51.1 Å². The Bertz CT molecular complexity index is 3030. The Hall–Kier alpha value is -7.22. The number of hydrogen-bond donors (Lipinski definition) is 0. The Morgan fingerprint density at radius 3 is 1.50 bits per heavy atom. The van der Waals surface area contributed by atoms with Gasteiger partial charge in [-0.15, -0.1) is 0 Å². The predicted octanol–water partition coefficient (Wildman–Crippen LogP) is 12.1. The highest BCUT2D eigenvalue weighted by atomic mass is 15.0. The van der Waals surface area contributed by atoms with Gasteiger partial charge in [0.25, 0.3) is 0 Å². The van der Waals surface area contributed by atoms with E-state index >= 15 is 0 Å². The van der Waals surface area contributed by atoms with E-state index in [9.17, 15) is 5.26 Å². The first-order valence-corrected chi connectivity index (χ1v) is 17.4. The van der Waals surface area contributed by atoms with E-state index in [2.05, 4.69) is 155 Å². The fraction of sp³-hybridized carbons (Fsp3) is 0. The molecule has 7 aromatic carbocycles. The van der Waals surface area contributed by atoms with Gasteiger partial charge < -0.3 is 9.13 Å². The number of hydrogen-bond acceptors (Lipinski definition) is 2. The number of fused-ring (bicyclic) bond motifs is 6. The lowest BCUT2D eigenvalue weighted by molar-refractivity contribution is 1.18. The van der Waals surface area contributed by atoms with Crippen LogP contribution in [0.15, 0.2) is 182 Å². The monoisotopic (exact) mass is 662 g/mol. The first-order chi connectivity index (χ1) is 25.7.